The van der Waals surface area contributed by atoms with Crippen molar-refractivity contribution in [1.82, 2.24) is 0 Å². The number of nitrogens with zero attached hydrogens (tertiary/aromatic N) is 2. The third-order valence-corrected chi connectivity index (χ3v) is 13.2. The van der Waals surface area contributed by atoms with Gasteiger partial charge in [-0.25, -0.2) is 29.0 Å². The second kappa shape index (κ2) is 17.5. The predicted molar refractivity (Wildman–Crippen MR) is 268 cm³/mol. The highest BCUT2D eigenvalue weighted by molar-refractivity contribution is 6.35. The minimum absolute atomic E-state index is 0.0722. The molecule has 0 saturated heterocycles. The quantitative estimate of drug-likeness (QED) is 0.0689. The highest BCUT2D eigenvalue weighted by Gasteiger charge is 2.41. The zero-order valence-electron chi connectivity index (χ0n) is 38.8. The number of fused-ring (bicyclic) bond motifs is 4. The van der Waals surface area contributed by atoms with Gasteiger partial charge in [0.25, 0.3) is 23.6 Å². The molecular weight excluding hydrogens is 970 g/mol. The number of amides is 4. The van der Waals surface area contributed by atoms with Gasteiger partial charge in [0.05, 0.1) is 61.4 Å². The van der Waals surface area contributed by atoms with E-state index in [0.717, 1.165) is 27.0 Å². The molecule has 0 unspecified atom stereocenters. The van der Waals surface area contributed by atoms with Crippen LogP contribution in [0.3, 0.4) is 0 Å². The Bertz CT molecular complexity index is 3850. The summed E-state index contributed by atoms with van der Waals surface area (Å²) in [4.78, 5) is 102. The standard InChI is InChI=1S/C42H27F3N4O4.C16H6O6/c1-22-18-29(48-38(50)33-14-6-25(19-35(33)40(48)52)23-2-8-27(46)9-3-23)12-16-31(22)32-17-13-30(21-37(32)42(43,44)45)49-39(51)34-15-7-26(20-36(34)41(49)53)24-4-10-28(47)11-5-24;17-13-9-3-1-7(5-11(9)15(19)21-13)8-2-4-10-12(6-8)16(20)22-14(10)18/h2-21H,46-47H2,1H3;1-6H. The molecule has 0 fully saturated rings. The van der Waals surface area contributed by atoms with Crippen LogP contribution in [0.15, 0.2) is 158 Å². The van der Waals surface area contributed by atoms with Gasteiger partial charge >= 0.3 is 30.1 Å². The SMILES string of the molecule is Cc1cc(N2C(=O)c3ccc(-c4ccc(N)cc4)cc3C2=O)ccc1-c1ccc(N2C(=O)c3ccc(-c4ccc(N)cc4)cc3C2=O)cc1C(F)(F)F.O=C1OC(=O)c2cc(-c3ccc4c(c3)C(=O)OC4=O)ccc21. The van der Waals surface area contributed by atoms with E-state index in [2.05, 4.69) is 9.47 Å². The van der Waals surface area contributed by atoms with Crippen molar-refractivity contribution in [2.24, 2.45) is 0 Å². The molecule has 4 aliphatic rings. The summed E-state index contributed by atoms with van der Waals surface area (Å²) in [6.45, 7) is 1.58. The van der Waals surface area contributed by atoms with E-state index in [0.29, 0.717) is 39.2 Å². The van der Waals surface area contributed by atoms with Crippen LogP contribution in [-0.4, -0.2) is 47.5 Å². The molecule has 0 spiro atoms. The summed E-state index contributed by atoms with van der Waals surface area (Å²) in [5.74, 6) is -5.33. The molecule has 0 radical (unpaired) electrons. The number of cyclic esters (lactones) is 4. The minimum atomic E-state index is -4.87. The lowest BCUT2D eigenvalue weighted by Crippen LogP contribution is -2.29. The van der Waals surface area contributed by atoms with Crippen LogP contribution >= 0.6 is 0 Å². The number of imide groups is 2. The van der Waals surface area contributed by atoms with Gasteiger partial charge in [-0.3, -0.25) is 19.2 Å². The summed E-state index contributed by atoms with van der Waals surface area (Å²) in [6, 6.07) is 40.5. The van der Waals surface area contributed by atoms with Crippen LogP contribution in [-0.2, 0) is 15.7 Å². The van der Waals surface area contributed by atoms with Crippen molar-refractivity contribution in [1.29, 1.82) is 0 Å². The number of hydrogen-bond acceptors (Lipinski definition) is 12. The van der Waals surface area contributed by atoms with E-state index < -0.39 is 59.2 Å². The van der Waals surface area contributed by atoms with Gasteiger partial charge in [0.2, 0.25) is 0 Å². The summed E-state index contributed by atoms with van der Waals surface area (Å²) >= 11 is 0. The number of esters is 4. The van der Waals surface area contributed by atoms with Crippen LogP contribution in [0.25, 0.3) is 44.5 Å². The number of anilines is 4. The molecule has 0 atom stereocenters. The maximum Gasteiger partial charge on any atom is 0.417 e. The van der Waals surface area contributed by atoms with E-state index in [4.69, 9.17) is 11.5 Å². The molecule has 8 aromatic carbocycles. The fourth-order valence-corrected chi connectivity index (χ4v) is 9.42. The average molecular weight is 1000 g/mol. The molecule has 4 N–H and O–H groups in total. The summed E-state index contributed by atoms with van der Waals surface area (Å²) in [5, 5.41) is 0. The molecular formula is C58H33F3N4O10. The first-order valence-electron chi connectivity index (χ1n) is 22.8. The number of nitrogens with two attached hydrogens (primary N) is 2. The van der Waals surface area contributed by atoms with Crippen molar-refractivity contribution in [3.63, 3.8) is 0 Å². The minimum Gasteiger partial charge on any atom is -0.399 e. The van der Waals surface area contributed by atoms with Gasteiger partial charge in [0.1, 0.15) is 0 Å². The molecule has 4 heterocycles. The fourth-order valence-electron chi connectivity index (χ4n) is 9.42. The predicted octanol–water partition coefficient (Wildman–Crippen LogP) is 10.8. The maximum absolute atomic E-state index is 14.7. The lowest BCUT2D eigenvalue weighted by molar-refractivity contribution is -0.137. The van der Waals surface area contributed by atoms with E-state index in [1.165, 1.54) is 66.7 Å². The third kappa shape index (κ3) is 8.04. The van der Waals surface area contributed by atoms with Gasteiger partial charge < -0.3 is 20.9 Å². The second-order valence-corrected chi connectivity index (χ2v) is 17.8. The molecule has 0 saturated carbocycles. The van der Waals surface area contributed by atoms with E-state index in [1.54, 1.807) is 91.9 Å². The number of rotatable bonds is 6. The fraction of sp³-hybridized carbons (Fsp3) is 0.0345. The van der Waals surface area contributed by atoms with Crippen LogP contribution in [0.4, 0.5) is 35.9 Å². The number of ether oxygens (including phenoxy) is 2. The second-order valence-electron chi connectivity index (χ2n) is 17.8. The van der Waals surface area contributed by atoms with Crippen molar-refractivity contribution >= 4 is 70.3 Å². The number of carbonyl (C=O) groups is 8. The Kier molecular flexibility index (Phi) is 11.0. The van der Waals surface area contributed by atoms with E-state index in [1.807, 2.05) is 0 Å². The Balaban J connectivity index is 0.000000227. The number of aryl methyl sites for hydroxylation is 1. The number of alkyl halides is 3. The lowest BCUT2D eigenvalue weighted by Gasteiger charge is -2.21. The Morgan fingerprint density at radius 2 is 0.667 bits per heavy atom. The van der Waals surface area contributed by atoms with Crippen LogP contribution in [0, 0.1) is 6.92 Å². The Morgan fingerprint density at radius 3 is 1.08 bits per heavy atom. The Morgan fingerprint density at radius 1 is 0.347 bits per heavy atom. The van der Waals surface area contributed by atoms with E-state index in [-0.39, 0.29) is 67.0 Å². The molecule has 4 amide bonds. The van der Waals surface area contributed by atoms with Crippen LogP contribution < -0.4 is 21.3 Å². The van der Waals surface area contributed by atoms with Gasteiger partial charge in [0, 0.05) is 11.4 Å². The van der Waals surface area contributed by atoms with E-state index in [9.17, 15) is 51.5 Å². The zero-order valence-corrected chi connectivity index (χ0v) is 38.8. The highest BCUT2D eigenvalue weighted by Crippen LogP contribution is 2.43. The molecule has 12 rings (SSSR count). The molecule has 0 aromatic heterocycles. The van der Waals surface area contributed by atoms with Gasteiger partial charge in [-0.2, -0.15) is 13.2 Å². The van der Waals surface area contributed by atoms with Crippen molar-refractivity contribution in [2.45, 2.75) is 13.1 Å². The van der Waals surface area contributed by atoms with Gasteiger partial charge in [-0.15, -0.1) is 0 Å². The van der Waals surface area contributed by atoms with Crippen LogP contribution in [0.5, 0.6) is 0 Å². The van der Waals surface area contributed by atoms with Crippen LogP contribution in [0.2, 0.25) is 0 Å². The summed E-state index contributed by atoms with van der Waals surface area (Å²) < 4.78 is 53.2. The molecule has 4 aliphatic heterocycles. The largest absolute Gasteiger partial charge is 0.417 e. The van der Waals surface area contributed by atoms with Crippen molar-refractivity contribution in [3.8, 4) is 44.5 Å². The monoisotopic (exact) mass is 1000 g/mol. The molecule has 0 bridgehead atoms. The topological polar surface area (TPSA) is 214 Å². The van der Waals surface area contributed by atoms with Gasteiger partial charge in [-0.05, 0) is 154 Å². The molecule has 366 valence electrons. The number of hydrogen-bond donors (Lipinski definition) is 2. The normalized spacial score (nSPS) is 14.3. The van der Waals surface area contributed by atoms with Crippen LogP contribution in [0.1, 0.15) is 94.0 Å². The maximum atomic E-state index is 14.7. The van der Waals surface area contributed by atoms with Gasteiger partial charge in [-0.1, -0.05) is 60.7 Å². The van der Waals surface area contributed by atoms with Crippen molar-refractivity contribution < 1.29 is 61.0 Å². The first-order valence-corrected chi connectivity index (χ1v) is 22.8. The summed E-state index contributed by atoms with van der Waals surface area (Å²) in [6.07, 6.45) is -4.87. The smallest absolute Gasteiger partial charge is 0.399 e. The molecule has 0 aliphatic carbocycles. The molecule has 17 heteroatoms. The number of halogens is 3. The first-order chi connectivity index (χ1) is 35.8. The molecule has 75 heavy (non-hydrogen) atoms. The summed E-state index contributed by atoms with van der Waals surface area (Å²) in [5.41, 5.74) is 17.4. The zero-order chi connectivity index (χ0) is 52.8. The van der Waals surface area contributed by atoms with Crippen molar-refractivity contribution in [3.05, 3.63) is 213 Å². The lowest BCUT2D eigenvalue weighted by atomic mass is 9.94. The summed E-state index contributed by atoms with van der Waals surface area (Å²) in [7, 11) is 0. The molecule has 8 aromatic rings. The van der Waals surface area contributed by atoms with Gasteiger partial charge in [0.15, 0.2) is 0 Å². The average Bonchev–Trinajstić information content (AvgIpc) is 4.04. The third-order valence-electron chi connectivity index (χ3n) is 13.2. The first kappa shape index (κ1) is 47.1. The number of carbonyl (C=O) groups excluding carboxylic acids is 8. The van der Waals surface area contributed by atoms with E-state index >= 15 is 0 Å². The highest BCUT2D eigenvalue weighted by atomic mass is 19.4. The number of benzene rings is 8. The molecule has 14 nitrogen and oxygen atoms in total. The Hall–Kier alpha value is -10.3. The Labute approximate surface area is 422 Å². The number of nitrogen functional groups attached to an aromatic ring is 2. The van der Waals surface area contributed by atoms with Crippen molar-refractivity contribution in [2.75, 3.05) is 21.3 Å².